The van der Waals surface area contributed by atoms with Crippen LogP contribution in [-0.2, 0) is 53.8 Å². The standard InChI is InChI=1S/C6H5O.W.Y/c7-6-4-2-1-3-5-6;;/h1-4,7H;;/q-1;;. The van der Waals surface area contributed by atoms with E-state index in [4.69, 9.17) is 5.11 Å². The minimum Gasteiger partial charge on any atom is -0.534 e. The minimum absolute atomic E-state index is 0. The molecule has 0 aliphatic carbocycles. The van der Waals surface area contributed by atoms with Gasteiger partial charge in [-0.1, -0.05) is 0 Å². The van der Waals surface area contributed by atoms with Gasteiger partial charge in [0.05, 0.1) is 0 Å². The molecule has 0 aliphatic heterocycles. The van der Waals surface area contributed by atoms with Crippen LogP contribution in [0.4, 0.5) is 0 Å². The van der Waals surface area contributed by atoms with Crippen LogP contribution < -0.4 is 0 Å². The molecule has 1 aromatic rings. The Kier molecular flexibility index (Phi) is 9.61. The number of hydrogen-bond acceptors (Lipinski definition) is 1. The average molecular weight is 366 g/mol. The van der Waals surface area contributed by atoms with Gasteiger partial charge in [0.2, 0.25) is 0 Å². The molecule has 0 spiro atoms. The van der Waals surface area contributed by atoms with Crippen LogP contribution in [0, 0.1) is 6.07 Å². The van der Waals surface area contributed by atoms with Crippen molar-refractivity contribution in [3.63, 3.8) is 0 Å². The third kappa shape index (κ3) is 5.27. The van der Waals surface area contributed by atoms with Crippen molar-refractivity contribution in [2.45, 2.75) is 0 Å². The maximum absolute atomic E-state index is 8.58. The van der Waals surface area contributed by atoms with Crippen molar-refractivity contribution in [1.29, 1.82) is 0 Å². The summed E-state index contributed by atoms with van der Waals surface area (Å²) in [6.45, 7) is 0. The second-order valence-electron chi connectivity index (χ2n) is 1.25. The van der Waals surface area contributed by atoms with Gasteiger partial charge >= 0.3 is 0 Å². The molecule has 0 aliphatic rings. The van der Waals surface area contributed by atoms with Crippen LogP contribution in [0.5, 0.6) is 5.75 Å². The molecule has 0 amide bonds. The van der Waals surface area contributed by atoms with E-state index in [1.807, 2.05) is 0 Å². The van der Waals surface area contributed by atoms with Crippen molar-refractivity contribution in [1.82, 2.24) is 0 Å². The van der Waals surface area contributed by atoms with E-state index in [1.165, 1.54) is 0 Å². The van der Waals surface area contributed by atoms with E-state index in [0.717, 1.165) is 0 Å². The van der Waals surface area contributed by atoms with Crippen LogP contribution in [0.25, 0.3) is 0 Å². The van der Waals surface area contributed by atoms with Gasteiger partial charge in [0.1, 0.15) is 0 Å². The Morgan fingerprint density at radius 3 is 2.22 bits per heavy atom. The minimum atomic E-state index is 0. The molecule has 45 valence electrons. The number of rotatable bonds is 0. The average Bonchev–Trinajstić information content (AvgIpc) is 1.69. The first-order valence-electron chi connectivity index (χ1n) is 2.05. The van der Waals surface area contributed by atoms with E-state index in [2.05, 4.69) is 6.07 Å². The van der Waals surface area contributed by atoms with Gasteiger partial charge in [-0.25, -0.2) is 0 Å². The van der Waals surface area contributed by atoms with Crippen LogP contribution in [0.15, 0.2) is 24.3 Å². The maximum Gasteiger partial charge on any atom is 0.00397 e. The number of para-hydroxylation sites is 1. The van der Waals surface area contributed by atoms with Gasteiger partial charge in [-0.2, -0.15) is 18.2 Å². The molecule has 3 heteroatoms. The van der Waals surface area contributed by atoms with Crippen LogP contribution in [0.3, 0.4) is 0 Å². The molecule has 0 bridgehead atoms. The summed E-state index contributed by atoms with van der Waals surface area (Å²) >= 11 is 0. The van der Waals surface area contributed by atoms with Crippen LogP contribution >= 0.6 is 0 Å². The summed E-state index contributed by atoms with van der Waals surface area (Å²) in [4.78, 5) is 0. The Bertz CT molecular complexity index is 143. The fourth-order valence-corrected chi connectivity index (χ4v) is 0.384. The van der Waals surface area contributed by atoms with E-state index in [9.17, 15) is 0 Å². The van der Waals surface area contributed by atoms with Crippen LogP contribution in [0.2, 0.25) is 0 Å². The predicted molar refractivity (Wildman–Crippen MR) is 26.9 cm³/mol. The van der Waals surface area contributed by atoms with E-state index in [0.29, 0.717) is 0 Å². The molecule has 1 rings (SSSR count). The molecule has 0 saturated carbocycles. The largest absolute Gasteiger partial charge is 0.534 e. The van der Waals surface area contributed by atoms with Gasteiger partial charge in [-0.05, 0) is 0 Å². The van der Waals surface area contributed by atoms with E-state index in [1.54, 1.807) is 24.3 Å². The molecule has 0 atom stereocenters. The SMILES string of the molecule is Oc1[c-]cccc1.[W].[Y]. The quantitative estimate of drug-likeness (QED) is 0.685. The summed E-state index contributed by atoms with van der Waals surface area (Å²) in [6.07, 6.45) is 0. The summed E-state index contributed by atoms with van der Waals surface area (Å²) in [5.74, 6) is 0.197. The van der Waals surface area contributed by atoms with Gasteiger partial charge in [-0.3, -0.25) is 0 Å². The molecule has 0 saturated heterocycles. The van der Waals surface area contributed by atoms with Crippen LogP contribution in [-0.4, -0.2) is 5.11 Å². The zero-order valence-electron chi connectivity index (χ0n) is 4.74. The monoisotopic (exact) mass is 366 g/mol. The predicted octanol–water partition coefficient (Wildman–Crippen LogP) is 1.19. The zero-order chi connectivity index (χ0) is 5.11. The van der Waals surface area contributed by atoms with Gasteiger partial charge in [0.25, 0.3) is 0 Å². The molecule has 0 heterocycles. The van der Waals surface area contributed by atoms with E-state index >= 15 is 0 Å². The van der Waals surface area contributed by atoms with Gasteiger partial charge in [-0.15, -0.1) is 12.1 Å². The summed E-state index contributed by atoms with van der Waals surface area (Å²) in [5.41, 5.74) is 0. The molecule has 1 nitrogen and oxygen atoms in total. The van der Waals surface area contributed by atoms with Crippen molar-refractivity contribution in [2.75, 3.05) is 0 Å². The molecule has 1 radical (unpaired) electrons. The number of aromatic hydroxyl groups is 1. The molecule has 0 aromatic heterocycles. The van der Waals surface area contributed by atoms with Crippen LogP contribution in [0.1, 0.15) is 0 Å². The molecule has 1 N–H and O–H groups in total. The van der Waals surface area contributed by atoms with E-state index in [-0.39, 0.29) is 59.5 Å². The summed E-state index contributed by atoms with van der Waals surface area (Å²) in [6, 6.07) is 9.39. The molecule has 1 aromatic carbocycles. The summed E-state index contributed by atoms with van der Waals surface area (Å²) in [7, 11) is 0. The second kappa shape index (κ2) is 6.93. The number of phenols is 1. The third-order valence-electron chi connectivity index (χ3n) is 0.693. The van der Waals surface area contributed by atoms with Crippen molar-refractivity contribution >= 4 is 0 Å². The maximum atomic E-state index is 8.58. The summed E-state index contributed by atoms with van der Waals surface area (Å²) < 4.78 is 0. The molecule has 0 fully saturated rings. The van der Waals surface area contributed by atoms with Gasteiger partial charge in [0.15, 0.2) is 0 Å². The first kappa shape index (κ1) is 12.5. The van der Waals surface area contributed by atoms with Crippen molar-refractivity contribution in [2.24, 2.45) is 0 Å². The Balaban J connectivity index is 0. The first-order valence-corrected chi connectivity index (χ1v) is 2.05. The fourth-order valence-electron chi connectivity index (χ4n) is 0.384. The van der Waals surface area contributed by atoms with Gasteiger partial charge in [0, 0.05) is 59.5 Å². The van der Waals surface area contributed by atoms with Crippen molar-refractivity contribution in [3.05, 3.63) is 30.3 Å². The Morgan fingerprint density at radius 1 is 1.33 bits per heavy atom. The third-order valence-corrected chi connectivity index (χ3v) is 0.693. The number of phenolic OH excluding ortho intramolecular Hbond substituents is 1. The number of hydrogen-bond donors (Lipinski definition) is 1. The molecular formula is C6H5OWY-. The summed E-state index contributed by atoms with van der Waals surface area (Å²) in [5, 5.41) is 8.58. The molecule has 9 heavy (non-hydrogen) atoms. The molecule has 0 unspecified atom stereocenters. The smallest absolute Gasteiger partial charge is 0.00397 e. The second-order valence-corrected chi connectivity index (χ2v) is 1.25. The fraction of sp³-hybridized carbons (Fsp3) is 0. The van der Waals surface area contributed by atoms with Gasteiger partial charge < -0.3 is 5.11 Å². The normalized spacial score (nSPS) is 6.67. The topological polar surface area (TPSA) is 20.2 Å². The Morgan fingerprint density at radius 2 is 2.00 bits per heavy atom. The van der Waals surface area contributed by atoms with Crippen molar-refractivity contribution in [3.8, 4) is 5.75 Å². The Hall–Kier alpha value is 0.812. The first-order chi connectivity index (χ1) is 3.39. The van der Waals surface area contributed by atoms with E-state index < -0.39 is 0 Å². The Labute approximate surface area is 94.0 Å². The zero-order valence-corrected chi connectivity index (χ0v) is 10.5. The number of benzene rings is 1. The molecular weight excluding hydrogens is 361 g/mol. The van der Waals surface area contributed by atoms with Crippen molar-refractivity contribution < 1.29 is 58.9 Å².